The van der Waals surface area contributed by atoms with Gasteiger partial charge in [0.1, 0.15) is 5.54 Å². The molecule has 1 aliphatic rings. The van der Waals surface area contributed by atoms with E-state index in [1.54, 1.807) is 13.0 Å². The minimum absolute atomic E-state index is 0.00795. The summed E-state index contributed by atoms with van der Waals surface area (Å²) in [7, 11) is 1.31. The monoisotopic (exact) mass is 352 g/mol. The predicted molar refractivity (Wildman–Crippen MR) is 93.2 cm³/mol. The van der Waals surface area contributed by atoms with Gasteiger partial charge in [-0.15, -0.1) is 11.3 Å². The van der Waals surface area contributed by atoms with E-state index in [1.165, 1.54) is 18.4 Å². The molecule has 0 saturated heterocycles. The summed E-state index contributed by atoms with van der Waals surface area (Å²) in [5, 5.41) is 6.30. The highest BCUT2D eigenvalue weighted by Gasteiger charge is 2.36. The second-order valence-corrected chi connectivity index (χ2v) is 7.47. The molecule has 1 unspecified atom stereocenters. The first-order valence-electron chi connectivity index (χ1n) is 8.13. The van der Waals surface area contributed by atoms with Gasteiger partial charge in [0, 0.05) is 5.92 Å². The minimum atomic E-state index is -1.06. The zero-order valence-corrected chi connectivity index (χ0v) is 15.3. The lowest BCUT2D eigenvalue weighted by atomic mass is 9.96. The fraction of sp³-hybridized carbons (Fsp3) is 0.588. The summed E-state index contributed by atoms with van der Waals surface area (Å²) >= 11 is 1.22. The van der Waals surface area contributed by atoms with Gasteiger partial charge in [-0.05, 0) is 44.7 Å². The first kappa shape index (κ1) is 18.4. The first-order valence-corrected chi connectivity index (χ1v) is 8.94. The van der Waals surface area contributed by atoms with Crippen LogP contribution < -0.4 is 10.6 Å². The molecule has 2 amide bonds. The van der Waals surface area contributed by atoms with E-state index in [0.717, 1.165) is 24.8 Å². The van der Waals surface area contributed by atoms with Gasteiger partial charge in [0.2, 0.25) is 5.91 Å². The van der Waals surface area contributed by atoms with Crippen LogP contribution in [0.5, 0.6) is 0 Å². The van der Waals surface area contributed by atoms with E-state index in [2.05, 4.69) is 10.6 Å². The maximum absolute atomic E-state index is 12.6. The van der Waals surface area contributed by atoms with Crippen molar-refractivity contribution in [2.45, 2.75) is 52.0 Å². The van der Waals surface area contributed by atoms with Gasteiger partial charge in [-0.3, -0.25) is 9.59 Å². The number of amides is 2. The lowest BCUT2D eigenvalue weighted by Crippen LogP contribution is -2.52. The van der Waals surface area contributed by atoms with E-state index in [9.17, 15) is 14.4 Å². The molecule has 1 aliphatic carbocycles. The highest BCUT2D eigenvalue weighted by molar-refractivity contribution is 7.18. The standard InChI is InChI=1S/C17H24N2O4S/c1-5-8-17(3,16(22)23-4)19-15(21)13-10(2)9-12(24-13)18-14(20)11-6-7-11/h9,11H,5-8H2,1-4H3,(H,18,20)(H,19,21). The quantitative estimate of drug-likeness (QED) is 0.739. The van der Waals surface area contributed by atoms with Crippen LogP contribution in [0.4, 0.5) is 5.00 Å². The fourth-order valence-corrected chi connectivity index (χ4v) is 3.56. The molecule has 7 heteroatoms. The third kappa shape index (κ3) is 4.14. The molecule has 1 atom stereocenters. The minimum Gasteiger partial charge on any atom is -0.467 e. The van der Waals surface area contributed by atoms with Gasteiger partial charge >= 0.3 is 5.97 Å². The Kier molecular flexibility index (Phi) is 5.64. The summed E-state index contributed by atoms with van der Waals surface area (Å²) in [4.78, 5) is 37.0. The van der Waals surface area contributed by atoms with Crippen molar-refractivity contribution < 1.29 is 19.1 Å². The SMILES string of the molecule is CCCC(C)(NC(=O)c1sc(NC(=O)C2CC2)cc1C)C(=O)OC. The Hall–Kier alpha value is -1.89. The third-order valence-electron chi connectivity index (χ3n) is 4.09. The predicted octanol–water partition coefficient (Wildman–Crippen LogP) is 2.87. The molecule has 1 heterocycles. The van der Waals surface area contributed by atoms with Gasteiger partial charge in [0.05, 0.1) is 17.0 Å². The molecule has 0 bridgehead atoms. The van der Waals surface area contributed by atoms with E-state index in [0.29, 0.717) is 16.3 Å². The highest BCUT2D eigenvalue weighted by atomic mass is 32.1. The molecule has 1 aromatic heterocycles. The molecule has 2 rings (SSSR count). The molecule has 0 radical (unpaired) electrons. The number of rotatable bonds is 7. The Morgan fingerprint density at radius 3 is 2.58 bits per heavy atom. The average Bonchev–Trinajstić information content (AvgIpc) is 3.30. The second-order valence-electron chi connectivity index (χ2n) is 6.41. The molecule has 0 aliphatic heterocycles. The summed E-state index contributed by atoms with van der Waals surface area (Å²) in [5.41, 5.74) is -0.290. The number of methoxy groups -OCH3 is 1. The van der Waals surface area contributed by atoms with Crippen molar-refractivity contribution in [3.05, 3.63) is 16.5 Å². The van der Waals surface area contributed by atoms with Crippen molar-refractivity contribution in [1.29, 1.82) is 0 Å². The molecule has 132 valence electrons. The number of anilines is 1. The smallest absolute Gasteiger partial charge is 0.331 e. The van der Waals surface area contributed by atoms with Gasteiger partial charge in [0.15, 0.2) is 0 Å². The van der Waals surface area contributed by atoms with E-state index in [4.69, 9.17) is 4.74 Å². The van der Waals surface area contributed by atoms with Crippen LogP contribution in [-0.4, -0.2) is 30.4 Å². The van der Waals surface area contributed by atoms with Crippen molar-refractivity contribution in [2.24, 2.45) is 5.92 Å². The van der Waals surface area contributed by atoms with Gasteiger partial charge < -0.3 is 15.4 Å². The molecule has 1 fully saturated rings. The van der Waals surface area contributed by atoms with E-state index >= 15 is 0 Å². The third-order valence-corrected chi connectivity index (χ3v) is 5.25. The largest absolute Gasteiger partial charge is 0.467 e. The van der Waals surface area contributed by atoms with Crippen molar-refractivity contribution in [3.8, 4) is 0 Å². The first-order chi connectivity index (χ1) is 11.3. The zero-order valence-electron chi connectivity index (χ0n) is 14.5. The van der Waals surface area contributed by atoms with Gasteiger partial charge in [0.25, 0.3) is 5.91 Å². The van der Waals surface area contributed by atoms with Crippen LogP contribution in [-0.2, 0) is 14.3 Å². The Labute approximate surface area is 146 Å². The summed E-state index contributed by atoms with van der Waals surface area (Å²) in [5.74, 6) is -0.676. The molecule has 2 N–H and O–H groups in total. The van der Waals surface area contributed by atoms with Crippen molar-refractivity contribution in [1.82, 2.24) is 5.32 Å². The summed E-state index contributed by atoms with van der Waals surface area (Å²) < 4.78 is 4.82. The van der Waals surface area contributed by atoms with Gasteiger partial charge in [-0.1, -0.05) is 13.3 Å². The van der Waals surface area contributed by atoms with Crippen molar-refractivity contribution in [2.75, 3.05) is 12.4 Å². The summed E-state index contributed by atoms with van der Waals surface area (Å²) in [6, 6.07) is 1.79. The highest BCUT2D eigenvalue weighted by Crippen LogP contribution is 2.33. The normalized spacial score (nSPS) is 16.2. The lowest BCUT2D eigenvalue weighted by Gasteiger charge is -2.27. The number of esters is 1. The molecular formula is C17H24N2O4S. The average molecular weight is 352 g/mol. The number of carbonyl (C=O) groups is 3. The van der Waals surface area contributed by atoms with E-state index in [-0.39, 0.29) is 17.7 Å². The number of thiophene rings is 1. The number of ether oxygens (including phenoxy) is 1. The molecule has 0 spiro atoms. The van der Waals surface area contributed by atoms with Crippen LogP contribution in [0.1, 0.15) is 54.8 Å². The number of hydrogen-bond acceptors (Lipinski definition) is 5. The number of carbonyl (C=O) groups excluding carboxylic acids is 3. The van der Waals surface area contributed by atoms with Crippen LogP contribution in [0.2, 0.25) is 0 Å². The Bertz CT molecular complexity index is 651. The topological polar surface area (TPSA) is 84.5 Å². The maximum atomic E-state index is 12.6. The zero-order chi connectivity index (χ0) is 17.9. The number of hydrogen-bond donors (Lipinski definition) is 2. The lowest BCUT2D eigenvalue weighted by molar-refractivity contribution is -0.147. The van der Waals surface area contributed by atoms with Gasteiger partial charge in [-0.2, -0.15) is 0 Å². The molecule has 1 saturated carbocycles. The van der Waals surface area contributed by atoms with Crippen molar-refractivity contribution >= 4 is 34.1 Å². The van der Waals surface area contributed by atoms with E-state index < -0.39 is 11.5 Å². The van der Waals surface area contributed by atoms with Crippen LogP contribution >= 0.6 is 11.3 Å². The van der Waals surface area contributed by atoms with Crippen LogP contribution in [0.15, 0.2) is 6.07 Å². The Morgan fingerprint density at radius 1 is 1.38 bits per heavy atom. The molecule has 1 aromatic rings. The molecular weight excluding hydrogens is 328 g/mol. The second kappa shape index (κ2) is 7.34. The Morgan fingerprint density at radius 2 is 2.04 bits per heavy atom. The van der Waals surface area contributed by atoms with E-state index in [1.807, 2.05) is 13.8 Å². The van der Waals surface area contributed by atoms with Crippen LogP contribution in [0.3, 0.4) is 0 Å². The van der Waals surface area contributed by atoms with Crippen LogP contribution in [0.25, 0.3) is 0 Å². The molecule has 24 heavy (non-hydrogen) atoms. The summed E-state index contributed by atoms with van der Waals surface area (Å²) in [6.45, 7) is 5.42. The molecule has 6 nitrogen and oxygen atoms in total. The van der Waals surface area contributed by atoms with Gasteiger partial charge in [-0.25, -0.2) is 4.79 Å². The number of aryl methyl sites for hydroxylation is 1. The molecule has 0 aromatic carbocycles. The fourth-order valence-electron chi connectivity index (χ4n) is 2.59. The van der Waals surface area contributed by atoms with Crippen LogP contribution in [0, 0.1) is 12.8 Å². The van der Waals surface area contributed by atoms with Crippen molar-refractivity contribution in [3.63, 3.8) is 0 Å². The number of nitrogens with one attached hydrogen (secondary N) is 2. The summed E-state index contributed by atoms with van der Waals surface area (Å²) in [6.07, 6.45) is 3.08. The Balaban J connectivity index is 2.11. The maximum Gasteiger partial charge on any atom is 0.331 e.